The first-order chi connectivity index (χ1) is 11.2. The Bertz CT molecular complexity index is 515. The number of carboxylic acid groups (broad SMARTS) is 1. The first kappa shape index (κ1) is 17.7. The van der Waals surface area contributed by atoms with Crippen LogP contribution in [0.15, 0.2) is 0 Å². The molecule has 6 heteroatoms. The van der Waals surface area contributed by atoms with Crippen LogP contribution in [0.3, 0.4) is 0 Å². The van der Waals surface area contributed by atoms with Gasteiger partial charge in [-0.25, -0.2) is 0 Å². The number of nitrogens with zero attached hydrogens (tertiary/aromatic N) is 1. The molecule has 2 heterocycles. The number of rotatable bonds is 4. The number of likely N-dealkylation sites (tertiary alicyclic amines) is 1. The topological polar surface area (TPSA) is 78.9 Å². The lowest BCUT2D eigenvalue weighted by Crippen LogP contribution is -2.51. The second-order valence-electron chi connectivity index (χ2n) is 8.61. The predicted molar refractivity (Wildman–Crippen MR) is 89.6 cm³/mol. The van der Waals surface area contributed by atoms with Gasteiger partial charge in [-0.1, -0.05) is 27.7 Å². The zero-order valence-corrected chi connectivity index (χ0v) is 15.2. The lowest BCUT2D eigenvalue weighted by atomic mass is 9.92. The standard InChI is InChI=1S/C18H30N2O4/c1-16(2)17(3,4)18(16,15(22)23)14(21)19-12-5-8-20(9-6-12)13-7-10-24-11-13/h12-13H,5-11H2,1-4H3,(H,19,21)(H,22,23). The molecule has 24 heavy (non-hydrogen) atoms. The van der Waals surface area contributed by atoms with E-state index in [2.05, 4.69) is 10.2 Å². The van der Waals surface area contributed by atoms with Crippen LogP contribution in [-0.4, -0.2) is 60.3 Å². The van der Waals surface area contributed by atoms with E-state index in [1.54, 1.807) is 0 Å². The van der Waals surface area contributed by atoms with Crippen LogP contribution in [0.4, 0.5) is 0 Å². The fourth-order valence-corrected chi connectivity index (χ4v) is 5.02. The van der Waals surface area contributed by atoms with E-state index in [1.165, 1.54) is 0 Å². The van der Waals surface area contributed by atoms with Gasteiger partial charge in [0.05, 0.1) is 6.61 Å². The summed E-state index contributed by atoms with van der Waals surface area (Å²) in [6.07, 6.45) is 2.83. The summed E-state index contributed by atoms with van der Waals surface area (Å²) >= 11 is 0. The van der Waals surface area contributed by atoms with Gasteiger partial charge >= 0.3 is 5.97 Å². The van der Waals surface area contributed by atoms with Gasteiger partial charge in [0.2, 0.25) is 5.91 Å². The molecule has 1 saturated carbocycles. The molecule has 3 rings (SSSR count). The van der Waals surface area contributed by atoms with Crippen LogP contribution in [0, 0.1) is 16.2 Å². The van der Waals surface area contributed by atoms with Crippen molar-refractivity contribution in [3.05, 3.63) is 0 Å². The molecule has 2 aliphatic heterocycles. The molecule has 1 aliphatic carbocycles. The van der Waals surface area contributed by atoms with Crippen LogP contribution in [0.2, 0.25) is 0 Å². The highest BCUT2D eigenvalue weighted by Crippen LogP contribution is 2.77. The number of carbonyl (C=O) groups is 2. The third kappa shape index (κ3) is 2.22. The Hall–Kier alpha value is -1.14. The Kier molecular flexibility index (Phi) is 4.20. The summed E-state index contributed by atoms with van der Waals surface area (Å²) in [4.78, 5) is 27.3. The highest BCUT2D eigenvalue weighted by Gasteiger charge is 2.85. The Morgan fingerprint density at radius 2 is 1.67 bits per heavy atom. The highest BCUT2D eigenvalue weighted by molar-refractivity contribution is 6.08. The monoisotopic (exact) mass is 338 g/mol. The second kappa shape index (κ2) is 5.70. The average Bonchev–Trinajstić information content (AvgIpc) is 2.90. The number of carboxylic acids is 1. The smallest absolute Gasteiger partial charge is 0.320 e. The van der Waals surface area contributed by atoms with Crippen molar-refractivity contribution in [2.24, 2.45) is 16.2 Å². The first-order valence-corrected chi connectivity index (χ1v) is 9.02. The van der Waals surface area contributed by atoms with E-state index in [-0.39, 0.29) is 11.9 Å². The summed E-state index contributed by atoms with van der Waals surface area (Å²) < 4.78 is 5.45. The SMILES string of the molecule is CC1(C)C(C)(C)C1(C(=O)O)C(=O)NC1CCN(C2CCOC2)CC1. The van der Waals surface area contributed by atoms with Gasteiger partial charge in [0.25, 0.3) is 0 Å². The number of amides is 1. The summed E-state index contributed by atoms with van der Waals surface area (Å²) in [5.41, 5.74) is -2.41. The Morgan fingerprint density at radius 3 is 2.08 bits per heavy atom. The number of nitrogens with one attached hydrogen (secondary N) is 1. The molecular formula is C18H30N2O4. The van der Waals surface area contributed by atoms with Crippen molar-refractivity contribution in [2.75, 3.05) is 26.3 Å². The summed E-state index contributed by atoms with van der Waals surface area (Å²) in [6, 6.07) is 0.577. The van der Waals surface area contributed by atoms with Gasteiger partial charge in [-0.3, -0.25) is 14.5 Å². The lowest BCUT2D eigenvalue weighted by Gasteiger charge is -2.36. The van der Waals surface area contributed by atoms with Crippen molar-refractivity contribution in [2.45, 2.75) is 59.0 Å². The van der Waals surface area contributed by atoms with E-state index in [0.717, 1.165) is 45.6 Å². The Morgan fingerprint density at radius 1 is 1.08 bits per heavy atom. The average molecular weight is 338 g/mol. The van der Waals surface area contributed by atoms with Gasteiger partial charge in [-0.05, 0) is 30.1 Å². The van der Waals surface area contributed by atoms with Crippen LogP contribution in [0.25, 0.3) is 0 Å². The van der Waals surface area contributed by atoms with Crippen molar-refractivity contribution in [1.29, 1.82) is 0 Å². The van der Waals surface area contributed by atoms with Crippen molar-refractivity contribution in [1.82, 2.24) is 10.2 Å². The minimum atomic E-state index is -1.32. The fourth-order valence-electron chi connectivity index (χ4n) is 5.02. The molecule has 1 unspecified atom stereocenters. The van der Waals surface area contributed by atoms with Gasteiger partial charge < -0.3 is 15.2 Å². The van der Waals surface area contributed by atoms with Crippen molar-refractivity contribution in [3.63, 3.8) is 0 Å². The molecule has 2 saturated heterocycles. The predicted octanol–water partition coefficient (Wildman–Crippen LogP) is 1.49. The van der Waals surface area contributed by atoms with E-state index < -0.39 is 22.2 Å². The molecule has 3 fully saturated rings. The first-order valence-electron chi connectivity index (χ1n) is 9.02. The van der Waals surface area contributed by atoms with E-state index >= 15 is 0 Å². The number of piperidine rings is 1. The van der Waals surface area contributed by atoms with Crippen LogP contribution < -0.4 is 5.32 Å². The molecule has 136 valence electrons. The number of aliphatic carboxylic acids is 1. The van der Waals surface area contributed by atoms with Gasteiger partial charge in [0, 0.05) is 31.8 Å². The Balaban J connectivity index is 1.61. The molecule has 0 spiro atoms. The maximum Gasteiger partial charge on any atom is 0.320 e. The highest BCUT2D eigenvalue weighted by atomic mass is 16.5. The van der Waals surface area contributed by atoms with Crippen LogP contribution in [-0.2, 0) is 14.3 Å². The minimum absolute atomic E-state index is 0.0690. The normalized spacial score (nSPS) is 31.6. The molecule has 1 amide bonds. The second-order valence-corrected chi connectivity index (χ2v) is 8.61. The number of ether oxygens (including phenoxy) is 1. The third-order valence-electron chi connectivity index (χ3n) is 7.32. The summed E-state index contributed by atoms with van der Waals surface area (Å²) in [7, 11) is 0. The molecule has 0 aromatic carbocycles. The third-order valence-corrected chi connectivity index (χ3v) is 7.32. The van der Waals surface area contributed by atoms with Crippen LogP contribution in [0.1, 0.15) is 47.0 Å². The molecule has 3 aliphatic rings. The summed E-state index contributed by atoms with van der Waals surface area (Å²) in [6.45, 7) is 11.0. The van der Waals surface area contributed by atoms with Crippen LogP contribution in [0.5, 0.6) is 0 Å². The van der Waals surface area contributed by atoms with E-state index in [4.69, 9.17) is 4.74 Å². The molecular weight excluding hydrogens is 308 g/mol. The van der Waals surface area contributed by atoms with E-state index in [0.29, 0.717) is 6.04 Å². The number of carbonyl (C=O) groups excluding carboxylic acids is 1. The summed E-state index contributed by atoms with van der Waals surface area (Å²) in [5.74, 6) is -1.32. The fraction of sp³-hybridized carbons (Fsp3) is 0.889. The maximum atomic E-state index is 12.9. The molecule has 0 bridgehead atoms. The van der Waals surface area contributed by atoms with Crippen molar-refractivity contribution >= 4 is 11.9 Å². The largest absolute Gasteiger partial charge is 0.480 e. The lowest BCUT2D eigenvalue weighted by molar-refractivity contribution is -0.152. The number of hydrogen-bond donors (Lipinski definition) is 2. The van der Waals surface area contributed by atoms with Gasteiger partial charge in [-0.15, -0.1) is 0 Å². The number of hydrogen-bond acceptors (Lipinski definition) is 4. The molecule has 0 aromatic rings. The van der Waals surface area contributed by atoms with Crippen LogP contribution >= 0.6 is 0 Å². The van der Waals surface area contributed by atoms with E-state index in [1.807, 2.05) is 27.7 Å². The van der Waals surface area contributed by atoms with Crippen molar-refractivity contribution in [3.8, 4) is 0 Å². The van der Waals surface area contributed by atoms with Gasteiger partial charge in [-0.2, -0.15) is 0 Å². The molecule has 0 radical (unpaired) electrons. The quantitative estimate of drug-likeness (QED) is 0.760. The summed E-state index contributed by atoms with van der Waals surface area (Å²) in [5, 5.41) is 12.8. The Labute approximate surface area is 143 Å². The maximum absolute atomic E-state index is 12.9. The van der Waals surface area contributed by atoms with Gasteiger partial charge in [0.1, 0.15) is 0 Å². The molecule has 0 aromatic heterocycles. The van der Waals surface area contributed by atoms with Crippen molar-refractivity contribution < 1.29 is 19.4 Å². The minimum Gasteiger partial charge on any atom is -0.480 e. The van der Waals surface area contributed by atoms with E-state index in [9.17, 15) is 14.7 Å². The molecule has 2 N–H and O–H groups in total. The molecule has 1 atom stereocenters. The zero-order valence-electron chi connectivity index (χ0n) is 15.2. The van der Waals surface area contributed by atoms with Gasteiger partial charge in [0.15, 0.2) is 5.41 Å². The molecule has 6 nitrogen and oxygen atoms in total. The zero-order chi connectivity index (χ0) is 17.8.